The van der Waals surface area contributed by atoms with Crippen LogP contribution in [-0.4, -0.2) is 32.7 Å². The number of fused-ring (bicyclic) bond motifs is 1. The molecule has 3 aromatic rings. The summed E-state index contributed by atoms with van der Waals surface area (Å²) in [5, 5.41) is 12.6. The van der Waals surface area contributed by atoms with Crippen molar-refractivity contribution in [3.8, 4) is 0 Å². The summed E-state index contributed by atoms with van der Waals surface area (Å²) in [7, 11) is 1.58. The Balaban J connectivity index is 1.71. The molecular weight excluding hydrogens is 356 g/mol. The first-order chi connectivity index (χ1) is 12.4. The molecule has 1 aromatic carbocycles. The molecule has 3 rings (SSSR count). The molecule has 0 bridgehead atoms. The number of rotatable bonds is 5. The Kier molecular flexibility index (Phi) is 4.90. The van der Waals surface area contributed by atoms with Gasteiger partial charge in [0.2, 0.25) is 5.91 Å². The van der Waals surface area contributed by atoms with Crippen LogP contribution < -0.4 is 5.56 Å². The molecule has 0 saturated heterocycles. The number of aromatic amines is 1. The van der Waals surface area contributed by atoms with E-state index in [0.29, 0.717) is 21.6 Å². The van der Waals surface area contributed by atoms with E-state index in [2.05, 4.69) is 9.97 Å². The number of carbonyl (C=O) groups is 1. The van der Waals surface area contributed by atoms with Crippen molar-refractivity contribution in [2.24, 2.45) is 0 Å². The largest absolute Gasteiger partial charge is 0.335 e. The van der Waals surface area contributed by atoms with Gasteiger partial charge in [-0.25, -0.2) is 4.98 Å². The van der Waals surface area contributed by atoms with Crippen LogP contribution in [0.4, 0.5) is 5.69 Å². The fraction of sp³-hybridized carbons (Fsp3) is 0.118. The highest BCUT2D eigenvalue weighted by molar-refractivity contribution is 7.17. The number of amides is 1. The Bertz CT molecular complexity index is 1070. The highest BCUT2D eigenvalue weighted by atomic mass is 32.1. The molecule has 0 fully saturated rings. The number of benzene rings is 1. The zero-order chi connectivity index (χ0) is 18.7. The number of thiophene rings is 1. The summed E-state index contributed by atoms with van der Waals surface area (Å²) in [4.78, 5) is 42.8. The Morgan fingerprint density at radius 1 is 1.42 bits per heavy atom. The topological polar surface area (TPSA) is 109 Å². The van der Waals surface area contributed by atoms with Gasteiger partial charge in [0.05, 0.1) is 17.0 Å². The fourth-order valence-electron chi connectivity index (χ4n) is 2.34. The molecule has 132 valence electrons. The highest BCUT2D eigenvalue weighted by Gasteiger charge is 2.10. The van der Waals surface area contributed by atoms with Gasteiger partial charge in [0.15, 0.2) is 0 Å². The second kappa shape index (κ2) is 7.28. The van der Waals surface area contributed by atoms with E-state index in [4.69, 9.17) is 0 Å². The number of nitro groups is 1. The summed E-state index contributed by atoms with van der Waals surface area (Å²) >= 11 is 1.31. The normalized spacial score (nSPS) is 11.1. The van der Waals surface area contributed by atoms with Gasteiger partial charge in [-0.15, -0.1) is 11.3 Å². The zero-order valence-electron chi connectivity index (χ0n) is 13.7. The summed E-state index contributed by atoms with van der Waals surface area (Å²) in [6.45, 7) is 0.138. The van der Waals surface area contributed by atoms with Gasteiger partial charge in [-0.2, -0.15) is 0 Å². The maximum Gasteiger partial charge on any atom is 0.270 e. The molecule has 0 unspecified atom stereocenters. The lowest BCUT2D eigenvalue weighted by atomic mass is 10.2. The summed E-state index contributed by atoms with van der Waals surface area (Å²) in [6, 6.07) is 7.74. The summed E-state index contributed by atoms with van der Waals surface area (Å²) in [6.07, 6.45) is 2.82. The molecule has 0 radical (unpaired) electrons. The van der Waals surface area contributed by atoms with Crippen LogP contribution in [0.3, 0.4) is 0 Å². The average Bonchev–Trinajstić information content (AvgIpc) is 3.09. The Hall–Kier alpha value is -3.33. The number of non-ortho nitro benzene ring substituents is 1. The lowest BCUT2D eigenvalue weighted by molar-refractivity contribution is -0.384. The molecule has 2 heterocycles. The van der Waals surface area contributed by atoms with E-state index in [1.54, 1.807) is 30.6 Å². The van der Waals surface area contributed by atoms with Gasteiger partial charge in [0.25, 0.3) is 11.2 Å². The standard InChI is InChI=1S/C17H14N4O4S/c1-20(10-14-18-13-7-8-26-16(13)17(23)19-14)15(22)6-5-11-3-2-4-12(9-11)21(24)25/h2-9H,10H2,1H3,(H,18,19,23)/b6-5+. The van der Waals surface area contributed by atoms with Crippen molar-refractivity contribution in [3.63, 3.8) is 0 Å². The quantitative estimate of drug-likeness (QED) is 0.422. The van der Waals surface area contributed by atoms with Gasteiger partial charge in [-0.05, 0) is 23.1 Å². The van der Waals surface area contributed by atoms with Gasteiger partial charge in [0, 0.05) is 25.3 Å². The number of nitrogens with one attached hydrogen (secondary N) is 1. The first kappa shape index (κ1) is 17.5. The van der Waals surface area contributed by atoms with Crippen LogP contribution in [-0.2, 0) is 11.3 Å². The predicted octanol–water partition coefficient (Wildman–Crippen LogP) is 2.56. The summed E-state index contributed by atoms with van der Waals surface area (Å²) in [5.41, 5.74) is 0.876. The SMILES string of the molecule is CN(Cc1nc2ccsc2c(=O)[nH]1)C(=O)/C=C/c1cccc([N+](=O)[O-])c1. The molecule has 1 amide bonds. The minimum absolute atomic E-state index is 0.0428. The summed E-state index contributed by atoms with van der Waals surface area (Å²) in [5.74, 6) is 0.0741. The number of H-pyrrole nitrogens is 1. The van der Waals surface area contributed by atoms with E-state index in [1.807, 2.05) is 0 Å². The summed E-state index contributed by atoms with van der Waals surface area (Å²) < 4.78 is 0.549. The van der Waals surface area contributed by atoms with Crippen molar-refractivity contribution < 1.29 is 9.72 Å². The molecule has 0 aliphatic heterocycles. The molecule has 0 atom stereocenters. The Morgan fingerprint density at radius 3 is 3.00 bits per heavy atom. The molecule has 1 N–H and O–H groups in total. The van der Waals surface area contributed by atoms with E-state index < -0.39 is 4.92 Å². The Labute approximate surface area is 151 Å². The van der Waals surface area contributed by atoms with Gasteiger partial charge in [-0.1, -0.05) is 12.1 Å². The molecule has 0 saturated carbocycles. The van der Waals surface area contributed by atoms with Crippen LogP contribution in [0.25, 0.3) is 16.3 Å². The van der Waals surface area contributed by atoms with Gasteiger partial charge in [-0.3, -0.25) is 19.7 Å². The maximum atomic E-state index is 12.2. The van der Waals surface area contributed by atoms with Gasteiger partial charge < -0.3 is 9.88 Å². The van der Waals surface area contributed by atoms with Gasteiger partial charge >= 0.3 is 0 Å². The number of nitrogens with zero attached hydrogens (tertiary/aromatic N) is 3. The van der Waals surface area contributed by atoms with Crippen LogP contribution >= 0.6 is 11.3 Å². The van der Waals surface area contributed by atoms with Crippen molar-refractivity contribution >= 4 is 39.2 Å². The van der Waals surface area contributed by atoms with Crippen molar-refractivity contribution in [2.45, 2.75) is 6.54 Å². The van der Waals surface area contributed by atoms with Crippen LogP contribution in [0.2, 0.25) is 0 Å². The van der Waals surface area contributed by atoms with E-state index in [0.717, 1.165) is 0 Å². The molecule has 0 aliphatic rings. The van der Waals surface area contributed by atoms with Gasteiger partial charge in [0.1, 0.15) is 10.5 Å². The van der Waals surface area contributed by atoms with Crippen molar-refractivity contribution in [3.05, 3.63) is 73.6 Å². The van der Waals surface area contributed by atoms with E-state index in [9.17, 15) is 19.7 Å². The maximum absolute atomic E-state index is 12.2. The van der Waals surface area contributed by atoms with Crippen LogP contribution in [0, 0.1) is 10.1 Å². The molecule has 2 aromatic heterocycles. The number of likely N-dealkylation sites (N-methyl/N-ethyl adjacent to an activating group) is 1. The van der Waals surface area contributed by atoms with E-state index >= 15 is 0 Å². The molecule has 9 heteroatoms. The first-order valence-corrected chi connectivity index (χ1v) is 8.46. The predicted molar refractivity (Wildman–Crippen MR) is 98.8 cm³/mol. The highest BCUT2D eigenvalue weighted by Crippen LogP contribution is 2.15. The Morgan fingerprint density at radius 2 is 2.23 bits per heavy atom. The van der Waals surface area contributed by atoms with Crippen LogP contribution in [0.15, 0.2) is 46.6 Å². The monoisotopic (exact) mass is 370 g/mol. The number of nitro benzene ring substituents is 1. The van der Waals surface area contributed by atoms with Crippen molar-refractivity contribution in [1.29, 1.82) is 0 Å². The van der Waals surface area contributed by atoms with Crippen molar-refractivity contribution in [1.82, 2.24) is 14.9 Å². The van der Waals surface area contributed by atoms with E-state index in [1.165, 1.54) is 40.5 Å². The van der Waals surface area contributed by atoms with Crippen LogP contribution in [0.1, 0.15) is 11.4 Å². The molecule has 26 heavy (non-hydrogen) atoms. The van der Waals surface area contributed by atoms with Crippen molar-refractivity contribution in [2.75, 3.05) is 7.05 Å². The lowest BCUT2D eigenvalue weighted by Crippen LogP contribution is -2.26. The lowest BCUT2D eigenvalue weighted by Gasteiger charge is -2.14. The number of hydrogen-bond acceptors (Lipinski definition) is 6. The molecule has 0 aliphatic carbocycles. The number of hydrogen-bond donors (Lipinski definition) is 1. The molecular formula is C17H14N4O4S. The van der Waals surface area contributed by atoms with Crippen LogP contribution in [0.5, 0.6) is 0 Å². The first-order valence-electron chi connectivity index (χ1n) is 7.58. The van der Waals surface area contributed by atoms with E-state index in [-0.39, 0.29) is 23.7 Å². The zero-order valence-corrected chi connectivity index (χ0v) is 14.5. The number of carbonyl (C=O) groups excluding carboxylic acids is 1. The molecule has 8 nitrogen and oxygen atoms in total. The third-order valence-electron chi connectivity index (χ3n) is 3.63. The fourth-order valence-corrected chi connectivity index (χ4v) is 3.06. The third-order valence-corrected chi connectivity index (χ3v) is 4.53. The minimum atomic E-state index is -0.492. The average molecular weight is 370 g/mol. The molecule has 0 spiro atoms. The smallest absolute Gasteiger partial charge is 0.270 e. The minimum Gasteiger partial charge on any atom is -0.335 e. The third kappa shape index (κ3) is 3.83. The second-order valence-corrected chi connectivity index (χ2v) is 6.44. The number of aromatic nitrogens is 2. The second-order valence-electron chi connectivity index (χ2n) is 5.53.